The second kappa shape index (κ2) is 5.20. The molecule has 0 heterocycles. The van der Waals surface area contributed by atoms with Crippen molar-refractivity contribution in [1.29, 1.82) is 0 Å². The molecule has 0 aromatic carbocycles. The van der Waals surface area contributed by atoms with E-state index in [1.807, 2.05) is 0 Å². The smallest absolute Gasteiger partial charge is 0.193 e. The fourth-order valence-electron chi connectivity index (χ4n) is 1.37. The normalized spacial score (nSPS) is 16.7. The van der Waals surface area contributed by atoms with Crippen LogP contribution in [-0.4, -0.2) is 14.9 Å². The lowest BCUT2D eigenvalue weighted by molar-refractivity contribution is 0.334. The molecule has 0 saturated heterocycles. The molecule has 1 nitrogen and oxygen atoms in total. The topological polar surface area (TPSA) is 9.23 Å². The SMILES string of the molecule is CC(C)(C)[Si](C)(C)OCC#CC1=CCCC1. The zero-order valence-electron chi connectivity index (χ0n) is 11.3. The Morgan fingerprint density at radius 1 is 1.38 bits per heavy atom. The van der Waals surface area contributed by atoms with Gasteiger partial charge in [-0.2, -0.15) is 0 Å². The van der Waals surface area contributed by atoms with Gasteiger partial charge >= 0.3 is 0 Å². The van der Waals surface area contributed by atoms with Gasteiger partial charge < -0.3 is 4.43 Å². The van der Waals surface area contributed by atoms with Crippen LogP contribution in [-0.2, 0) is 4.43 Å². The van der Waals surface area contributed by atoms with Gasteiger partial charge in [0.05, 0.1) is 6.61 Å². The van der Waals surface area contributed by atoms with Gasteiger partial charge in [-0.1, -0.05) is 38.7 Å². The van der Waals surface area contributed by atoms with Crippen molar-refractivity contribution < 1.29 is 4.43 Å². The van der Waals surface area contributed by atoms with E-state index in [9.17, 15) is 0 Å². The highest BCUT2D eigenvalue weighted by Gasteiger charge is 2.36. The van der Waals surface area contributed by atoms with Crippen LogP contribution in [0, 0.1) is 11.8 Å². The minimum absolute atomic E-state index is 0.279. The third-order valence-corrected chi connectivity index (χ3v) is 8.08. The molecule has 0 aliphatic heterocycles. The minimum atomic E-state index is -1.60. The summed E-state index contributed by atoms with van der Waals surface area (Å²) in [6.45, 7) is 11.9. The lowest BCUT2D eigenvalue weighted by Crippen LogP contribution is -2.40. The average Bonchev–Trinajstić information content (AvgIpc) is 2.63. The Morgan fingerprint density at radius 3 is 2.56 bits per heavy atom. The lowest BCUT2D eigenvalue weighted by atomic mass is 10.2. The highest BCUT2D eigenvalue weighted by atomic mass is 28.4. The molecule has 0 radical (unpaired) electrons. The summed E-state index contributed by atoms with van der Waals surface area (Å²) in [5.74, 6) is 6.36. The van der Waals surface area contributed by atoms with Gasteiger partial charge in [-0.15, -0.1) is 0 Å². The summed E-state index contributed by atoms with van der Waals surface area (Å²) in [4.78, 5) is 0. The first-order valence-corrected chi connectivity index (χ1v) is 9.06. The van der Waals surface area contributed by atoms with Crippen molar-refractivity contribution in [2.45, 2.75) is 58.2 Å². The van der Waals surface area contributed by atoms with Crippen molar-refractivity contribution in [3.8, 4) is 11.8 Å². The van der Waals surface area contributed by atoms with Crippen molar-refractivity contribution in [3.05, 3.63) is 11.6 Å². The van der Waals surface area contributed by atoms with Gasteiger partial charge in [-0.3, -0.25) is 0 Å². The fraction of sp³-hybridized carbons (Fsp3) is 0.714. The molecule has 0 spiro atoms. The summed E-state index contributed by atoms with van der Waals surface area (Å²) in [5, 5.41) is 0.279. The van der Waals surface area contributed by atoms with Crippen LogP contribution < -0.4 is 0 Å². The Labute approximate surface area is 101 Å². The van der Waals surface area contributed by atoms with Crippen molar-refractivity contribution >= 4 is 8.32 Å². The quantitative estimate of drug-likeness (QED) is 0.517. The Balaban J connectivity index is 2.40. The van der Waals surface area contributed by atoms with E-state index in [4.69, 9.17) is 4.43 Å². The second-order valence-electron chi connectivity index (χ2n) is 5.97. The molecule has 16 heavy (non-hydrogen) atoms. The largest absolute Gasteiger partial charge is 0.406 e. The standard InChI is InChI=1S/C14H24OSi/c1-14(2,3)16(4,5)15-12-8-11-13-9-6-7-10-13/h9H,6-7,10,12H2,1-5H3. The number of allylic oxidation sites excluding steroid dienone is 2. The van der Waals surface area contributed by atoms with E-state index in [0.29, 0.717) is 6.61 Å². The first-order chi connectivity index (χ1) is 7.33. The summed E-state index contributed by atoms with van der Waals surface area (Å²) < 4.78 is 5.99. The number of rotatable bonds is 2. The number of hydrogen-bond acceptors (Lipinski definition) is 1. The van der Waals surface area contributed by atoms with E-state index in [1.54, 1.807) is 0 Å². The van der Waals surface area contributed by atoms with E-state index in [0.717, 1.165) is 6.42 Å². The third kappa shape index (κ3) is 3.81. The molecule has 1 rings (SSSR count). The molecular formula is C14H24OSi. The zero-order valence-corrected chi connectivity index (χ0v) is 12.3. The van der Waals surface area contributed by atoms with Crippen molar-refractivity contribution in [2.24, 2.45) is 0 Å². The molecule has 90 valence electrons. The Morgan fingerprint density at radius 2 is 2.06 bits per heavy atom. The van der Waals surface area contributed by atoms with Gasteiger partial charge in [0.15, 0.2) is 8.32 Å². The van der Waals surface area contributed by atoms with Crippen molar-refractivity contribution in [3.63, 3.8) is 0 Å². The molecule has 0 atom stereocenters. The van der Waals surface area contributed by atoms with Gasteiger partial charge in [-0.05, 0) is 43.0 Å². The van der Waals surface area contributed by atoms with Crippen LogP contribution in [0.1, 0.15) is 40.0 Å². The molecule has 1 aliphatic rings. The molecule has 0 fully saturated rings. The highest BCUT2D eigenvalue weighted by Crippen LogP contribution is 2.36. The summed E-state index contributed by atoms with van der Waals surface area (Å²) in [6, 6.07) is 0. The monoisotopic (exact) mass is 236 g/mol. The van der Waals surface area contributed by atoms with Crippen LogP contribution in [0.15, 0.2) is 11.6 Å². The summed E-state index contributed by atoms with van der Waals surface area (Å²) in [5.41, 5.74) is 1.30. The summed E-state index contributed by atoms with van der Waals surface area (Å²) in [7, 11) is -1.60. The van der Waals surface area contributed by atoms with Gasteiger partial charge in [0.1, 0.15) is 0 Å². The van der Waals surface area contributed by atoms with E-state index < -0.39 is 8.32 Å². The fourth-order valence-corrected chi connectivity index (χ4v) is 2.23. The molecule has 0 aromatic heterocycles. The lowest BCUT2D eigenvalue weighted by Gasteiger charge is -2.35. The van der Waals surface area contributed by atoms with Crippen LogP contribution in [0.4, 0.5) is 0 Å². The molecule has 1 aliphatic carbocycles. The molecule has 0 unspecified atom stereocenters. The molecular weight excluding hydrogens is 212 g/mol. The average molecular weight is 236 g/mol. The molecule has 0 amide bonds. The van der Waals surface area contributed by atoms with Crippen LogP contribution >= 0.6 is 0 Å². The maximum atomic E-state index is 5.99. The maximum Gasteiger partial charge on any atom is 0.193 e. The van der Waals surface area contributed by atoms with E-state index in [2.05, 4.69) is 51.8 Å². The highest BCUT2D eigenvalue weighted by molar-refractivity contribution is 6.74. The Kier molecular flexibility index (Phi) is 4.40. The summed E-state index contributed by atoms with van der Waals surface area (Å²) in [6.07, 6.45) is 5.88. The van der Waals surface area contributed by atoms with E-state index in [1.165, 1.54) is 18.4 Å². The van der Waals surface area contributed by atoms with Gasteiger partial charge in [0.25, 0.3) is 0 Å². The Hall–Kier alpha value is -0.523. The van der Waals surface area contributed by atoms with E-state index >= 15 is 0 Å². The maximum absolute atomic E-state index is 5.99. The van der Waals surface area contributed by atoms with Gasteiger partial charge in [0, 0.05) is 0 Å². The third-order valence-electron chi connectivity index (χ3n) is 3.60. The molecule has 2 heteroatoms. The molecule has 0 saturated carbocycles. The van der Waals surface area contributed by atoms with Gasteiger partial charge in [-0.25, -0.2) is 0 Å². The minimum Gasteiger partial charge on any atom is -0.406 e. The van der Waals surface area contributed by atoms with Crippen molar-refractivity contribution in [1.82, 2.24) is 0 Å². The Bertz CT molecular complexity index is 323. The van der Waals surface area contributed by atoms with Crippen molar-refractivity contribution in [2.75, 3.05) is 6.61 Å². The number of hydrogen-bond donors (Lipinski definition) is 0. The first-order valence-electron chi connectivity index (χ1n) is 6.15. The molecule has 0 bridgehead atoms. The van der Waals surface area contributed by atoms with Crippen LogP contribution in [0.25, 0.3) is 0 Å². The molecule has 0 aromatic rings. The second-order valence-corrected chi connectivity index (χ2v) is 10.8. The van der Waals surface area contributed by atoms with Crippen LogP contribution in [0.5, 0.6) is 0 Å². The van der Waals surface area contributed by atoms with Crippen LogP contribution in [0.2, 0.25) is 18.1 Å². The summed E-state index contributed by atoms with van der Waals surface area (Å²) >= 11 is 0. The van der Waals surface area contributed by atoms with Crippen LogP contribution in [0.3, 0.4) is 0 Å². The predicted octanol–water partition coefficient (Wildman–Crippen LogP) is 4.12. The predicted molar refractivity (Wildman–Crippen MR) is 72.9 cm³/mol. The first kappa shape index (κ1) is 13.5. The molecule has 0 N–H and O–H groups in total. The van der Waals surface area contributed by atoms with E-state index in [-0.39, 0.29) is 5.04 Å². The van der Waals surface area contributed by atoms with Gasteiger partial charge in [0.2, 0.25) is 0 Å². The zero-order chi connectivity index (χ0) is 12.2.